The van der Waals surface area contributed by atoms with Gasteiger partial charge in [-0.1, -0.05) is 144 Å². The first-order valence-electron chi connectivity index (χ1n) is 15.5. The molecule has 0 spiro atoms. The molecule has 33 heavy (non-hydrogen) atoms. The van der Waals surface area contributed by atoms with Crippen molar-refractivity contribution in [1.82, 2.24) is 0 Å². The molecule has 0 unspecified atom stereocenters. The van der Waals surface area contributed by atoms with Crippen molar-refractivity contribution in [2.75, 3.05) is 20.1 Å². The van der Waals surface area contributed by atoms with Crippen LogP contribution in [0.25, 0.3) is 0 Å². The molecule has 0 N–H and O–H groups in total. The van der Waals surface area contributed by atoms with Crippen LogP contribution in [0.5, 0.6) is 0 Å². The molecule has 0 bridgehead atoms. The molecule has 0 aromatic heterocycles. The van der Waals surface area contributed by atoms with E-state index in [9.17, 15) is 0 Å². The molecule has 0 atom stereocenters. The van der Waals surface area contributed by atoms with E-state index in [1.54, 1.807) is 0 Å². The maximum Gasteiger partial charge on any atom is 0.0984 e. The van der Waals surface area contributed by atoms with Gasteiger partial charge in [-0.15, -0.1) is 0 Å². The monoisotopic (exact) mass is 467 g/mol. The minimum absolute atomic E-state index is 0.327. The van der Waals surface area contributed by atoms with Gasteiger partial charge in [0.1, 0.15) is 0 Å². The molecular weight excluding hydrogens is 398 g/mol. The Labute approximate surface area is 212 Å². The van der Waals surface area contributed by atoms with Crippen LogP contribution in [0.3, 0.4) is 0 Å². The Morgan fingerprint density at radius 1 is 0.424 bits per heavy atom. The second-order valence-electron chi connectivity index (χ2n) is 12.7. The predicted molar refractivity (Wildman–Crippen MR) is 153 cm³/mol. The Kier molecular flexibility index (Phi) is 19.2. The lowest BCUT2D eigenvalue weighted by Gasteiger charge is -2.55. The highest BCUT2D eigenvalue weighted by molar-refractivity contribution is 4.88. The number of hydrogen-bond acceptors (Lipinski definition) is 0. The molecule has 0 fully saturated rings. The van der Waals surface area contributed by atoms with E-state index in [2.05, 4.69) is 55.5 Å². The third-order valence-electron chi connectivity index (χ3n) is 9.35. The fourth-order valence-corrected chi connectivity index (χ4v) is 5.99. The molecule has 0 saturated heterocycles. The lowest BCUT2D eigenvalue weighted by atomic mass is 9.68. The van der Waals surface area contributed by atoms with Crippen molar-refractivity contribution in [3.63, 3.8) is 0 Å². The van der Waals surface area contributed by atoms with Crippen LogP contribution in [0.2, 0.25) is 0 Å². The Hall–Kier alpha value is -0.0400. The summed E-state index contributed by atoms with van der Waals surface area (Å²) in [6.07, 6.45) is 28.7. The average molecular weight is 467 g/mol. The van der Waals surface area contributed by atoms with Crippen LogP contribution in [-0.2, 0) is 0 Å². The molecule has 0 aliphatic heterocycles. The SMILES string of the molecule is CCCCCCCCCCCCCCCCCCCC(C)(C)C(C)(C)[N+](C)(CCC)CCC. The van der Waals surface area contributed by atoms with Crippen molar-refractivity contribution in [3.8, 4) is 0 Å². The minimum Gasteiger partial charge on any atom is -0.321 e. The summed E-state index contributed by atoms with van der Waals surface area (Å²) in [4.78, 5) is 0. The van der Waals surface area contributed by atoms with Crippen LogP contribution < -0.4 is 0 Å². The predicted octanol–water partition coefficient (Wildman–Crippen LogP) is 11.1. The molecule has 0 rings (SSSR count). The quantitative estimate of drug-likeness (QED) is 0.0979. The van der Waals surface area contributed by atoms with E-state index in [-0.39, 0.29) is 0 Å². The van der Waals surface area contributed by atoms with Crippen LogP contribution in [0.15, 0.2) is 0 Å². The van der Waals surface area contributed by atoms with Crippen molar-refractivity contribution >= 4 is 0 Å². The van der Waals surface area contributed by atoms with Gasteiger partial charge in [-0.2, -0.15) is 0 Å². The number of quaternary nitrogens is 1. The van der Waals surface area contributed by atoms with E-state index in [0.29, 0.717) is 11.0 Å². The van der Waals surface area contributed by atoms with Gasteiger partial charge in [0.05, 0.1) is 25.7 Å². The second-order valence-corrected chi connectivity index (χ2v) is 12.7. The van der Waals surface area contributed by atoms with Gasteiger partial charge in [0.2, 0.25) is 0 Å². The highest BCUT2D eigenvalue weighted by Gasteiger charge is 2.49. The molecule has 0 aliphatic rings. The molecule has 1 heteroatoms. The van der Waals surface area contributed by atoms with E-state index in [1.807, 2.05) is 0 Å². The summed E-state index contributed by atoms with van der Waals surface area (Å²) in [7, 11) is 2.52. The van der Waals surface area contributed by atoms with Gasteiger partial charge in [-0.25, -0.2) is 0 Å². The zero-order valence-electron chi connectivity index (χ0n) is 25.0. The highest BCUT2D eigenvalue weighted by atomic mass is 15.4. The smallest absolute Gasteiger partial charge is 0.0984 e. The summed E-state index contributed by atoms with van der Waals surface area (Å²) in [6, 6.07) is 0. The second kappa shape index (κ2) is 19.2. The third kappa shape index (κ3) is 13.6. The summed E-state index contributed by atoms with van der Waals surface area (Å²) in [5.41, 5.74) is 0.718. The van der Waals surface area contributed by atoms with E-state index < -0.39 is 0 Å². The van der Waals surface area contributed by atoms with Crippen molar-refractivity contribution in [3.05, 3.63) is 0 Å². The molecule has 0 aromatic carbocycles. The van der Waals surface area contributed by atoms with Crippen molar-refractivity contribution in [2.24, 2.45) is 5.41 Å². The van der Waals surface area contributed by atoms with Gasteiger partial charge in [0.15, 0.2) is 0 Å². The first-order chi connectivity index (χ1) is 15.7. The van der Waals surface area contributed by atoms with Crippen LogP contribution in [-0.4, -0.2) is 30.2 Å². The average Bonchev–Trinajstić information content (AvgIpc) is 2.76. The molecule has 0 saturated carbocycles. The molecule has 1 nitrogen and oxygen atoms in total. The lowest BCUT2D eigenvalue weighted by Crippen LogP contribution is -2.65. The van der Waals surface area contributed by atoms with Gasteiger partial charge in [0.25, 0.3) is 0 Å². The number of nitrogens with zero attached hydrogens (tertiary/aromatic N) is 1. The summed E-state index contributed by atoms with van der Waals surface area (Å²) < 4.78 is 1.23. The highest BCUT2D eigenvalue weighted by Crippen LogP contribution is 2.43. The van der Waals surface area contributed by atoms with Crippen LogP contribution >= 0.6 is 0 Å². The topological polar surface area (TPSA) is 0 Å². The summed E-state index contributed by atoms with van der Waals surface area (Å²) in [5, 5.41) is 0. The Balaban J connectivity index is 3.79. The van der Waals surface area contributed by atoms with Gasteiger partial charge >= 0.3 is 0 Å². The first-order valence-corrected chi connectivity index (χ1v) is 15.5. The summed E-state index contributed by atoms with van der Waals surface area (Å²) >= 11 is 0. The van der Waals surface area contributed by atoms with Crippen LogP contribution in [0.4, 0.5) is 0 Å². The van der Waals surface area contributed by atoms with Gasteiger partial charge < -0.3 is 4.48 Å². The molecule has 0 aromatic rings. The summed E-state index contributed by atoms with van der Waals surface area (Å²) in [6.45, 7) is 19.8. The van der Waals surface area contributed by atoms with Crippen LogP contribution in [0, 0.1) is 5.41 Å². The maximum atomic E-state index is 2.55. The van der Waals surface area contributed by atoms with Gasteiger partial charge in [-0.3, -0.25) is 0 Å². The minimum atomic E-state index is 0.327. The van der Waals surface area contributed by atoms with Gasteiger partial charge in [0, 0.05) is 5.41 Å². The largest absolute Gasteiger partial charge is 0.321 e. The lowest BCUT2D eigenvalue weighted by molar-refractivity contribution is -0.963. The molecule has 0 aliphatic carbocycles. The number of rotatable bonds is 24. The Bertz CT molecular complexity index is 416. The molecule has 0 heterocycles. The fraction of sp³-hybridized carbons (Fsp3) is 1.00. The fourth-order valence-electron chi connectivity index (χ4n) is 5.99. The number of unbranched alkanes of at least 4 members (excludes halogenated alkanes) is 16. The third-order valence-corrected chi connectivity index (χ3v) is 9.35. The van der Waals surface area contributed by atoms with Gasteiger partial charge in [-0.05, 0) is 33.1 Å². The molecule has 0 radical (unpaired) electrons. The molecule has 0 amide bonds. The zero-order valence-corrected chi connectivity index (χ0v) is 25.0. The van der Waals surface area contributed by atoms with Crippen LogP contribution in [0.1, 0.15) is 177 Å². The molecule has 200 valence electrons. The van der Waals surface area contributed by atoms with Crippen molar-refractivity contribution in [2.45, 2.75) is 182 Å². The number of hydrogen-bond donors (Lipinski definition) is 0. The van der Waals surface area contributed by atoms with Crippen molar-refractivity contribution < 1.29 is 4.48 Å². The Morgan fingerprint density at radius 2 is 0.727 bits per heavy atom. The van der Waals surface area contributed by atoms with Crippen molar-refractivity contribution in [1.29, 1.82) is 0 Å². The van der Waals surface area contributed by atoms with E-state index in [1.165, 1.54) is 146 Å². The Morgan fingerprint density at radius 3 is 1.03 bits per heavy atom. The maximum absolute atomic E-state index is 2.55. The standard InChI is InChI=1S/C32H68N/c1-9-12-13-14-15-16-17-18-19-20-21-22-23-24-25-26-27-28-31(4,5)32(6,7)33(8,29-10-2)30-11-3/h9-30H2,1-8H3/q+1. The first kappa shape index (κ1) is 33.0. The van der Waals surface area contributed by atoms with E-state index in [4.69, 9.17) is 0 Å². The zero-order chi connectivity index (χ0) is 25.1. The molecular formula is C32H68N+. The van der Waals surface area contributed by atoms with E-state index >= 15 is 0 Å². The summed E-state index contributed by atoms with van der Waals surface area (Å²) in [5.74, 6) is 0. The van der Waals surface area contributed by atoms with E-state index in [0.717, 1.165) is 0 Å². The normalized spacial score (nSPS) is 13.1.